The fourth-order valence-electron chi connectivity index (χ4n) is 8.09. The lowest BCUT2D eigenvalue weighted by atomic mass is 9.76. The minimum absolute atomic E-state index is 0.166. The second-order valence-corrected chi connectivity index (χ2v) is 15.1. The number of ether oxygens (including phenoxy) is 2. The summed E-state index contributed by atoms with van der Waals surface area (Å²) in [5, 5.41) is 0. The fourth-order valence-corrected chi connectivity index (χ4v) is 8.09. The van der Waals surface area contributed by atoms with Crippen LogP contribution in [-0.4, -0.2) is 77.8 Å². The fraction of sp³-hybridized carbons (Fsp3) is 0.571. The van der Waals surface area contributed by atoms with Gasteiger partial charge in [-0.15, -0.1) is 0 Å². The van der Waals surface area contributed by atoms with Crippen molar-refractivity contribution in [3.05, 3.63) is 83.2 Å². The van der Waals surface area contributed by atoms with Crippen LogP contribution in [0, 0.1) is 17.8 Å². The average molecular weight is 698 g/mol. The molecule has 2 aliphatic rings. The molecule has 0 spiro atoms. The van der Waals surface area contributed by atoms with Gasteiger partial charge in [0.25, 0.3) is 0 Å². The highest BCUT2D eigenvalue weighted by atomic mass is 16.5. The van der Waals surface area contributed by atoms with Crippen LogP contribution in [0.3, 0.4) is 0 Å². The summed E-state index contributed by atoms with van der Waals surface area (Å²) in [6, 6.07) is 16.9. The van der Waals surface area contributed by atoms with Crippen molar-refractivity contribution in [2.75, 3.05) is 42.5 Å². The van der Waals surface area contributed by atoms with Gasteiger partial charge >= 0.3 is 11.9 Å². The highest BCUT2D eigenvalue weighted by molar-refractivity contribution is 5.95. The Bertz CT molecular complexity index is 1580. The summed E-state index contributed by atoms with van der Waals surface area (Å²) < 4.78 is 11.0. The molecule has 3 aromatic rings. The van der Waals surface area contributed by atoms with Crippen LogP contribution in [0.25, 0.3) is 0 Å². The van der Waals surface area contributed by atoms with E-state index in [0.717, 1.165) is 76.6 Å². The van der Waals surface area contributed by atoms with Crippen LogP contribution < -0.4 is 9.80 Å². The van der Waals surface area contributed by atoms with E-state index in [1.54, 1.807) is 18.5 Å². The highest BCUT2D eigenvalue weighted by Gasteiger charge is 2.35. The number of esters is 2. The zero-order chi connectivity index (χ0) is 36.5. The standard InChI is InChI=1S/C42H59N5O4/c1-8-12-36(34-19-23-46(27-34)39-37(13-10-21-43-39)41(48)50-29(3)4)31(7)25-32-15-17-33(18-16-32)26-45(9-2)35-20-24-47(28-35)40-38(14-11-22-44-40)42(49)51-30(5)6/h10-11,13-18,21-22,29-31,34-36H,8-9,12,19-20,23-28H2,1-7H3/t31?,34-,35-,36?/m1/s1. The maximum Gasteiger partial charge on any atom is 0.342 e. The number of carbonyl (C=O) groups is 2. The van der Waals surface area contributed by atoms with E-state index in [9.17, 15) is 9.59 Å². The van der Waals surface area contributed by atoms with Crippen molar-refractivity contribution in [3.8, 4) is 0 Å². The number of benzene rings is 1. The number of anilines is 2. The van der Waals surface area contributed by atoms with Crippen LogP contribution in [0.4, 0.5) is 11.6 Å². The third kappa shape index (κ3) is 9.88. The molecule has 9 nitrogen and oxygen atoms in total. The van der Waals surface area contributed by atoms with Gasteiger partial charge < -0.3 is 19.3 Å². The normalized spacial score (nSPS) is 18.9. The van der Waals surface area contributed by atoms with E-state index in [-0.39, 0.29) is 24.1 Å². The van der Waals surface area contributed by atoms with Gasteiger partial charge in [-0.05, 0) is 107 Å². The molecule has 0 aliphatic carbocycles. The number of rotatable bonds is 16. The molecule has 4 atom stereocenters. The molecule has 5 rings (SSSR count). The molecule has 276 valence electrons. The second-order valence-electron chi connectivity index (χ2n) is 15.1. The Labute approximate surface area is 305 Å². The average Bonchev–Trinajstić information content (AvgIpc) is 3.81. The number of nitrogens with zero attached hydrogens (tertiary/aromatic N) is 5. The van der Waals surface area contributed by atoms with E-state index >= 15 is 0 Å². The van der Waals surface area contributed by atoms with Gasteiger partial charge in [-0.25, -0.2) is 19.6 Å². The molecule has 0 bridgehead atoms. The van der Waals surface area contributed by atoms with Crippen LogP contribution in [0.5, 0.6) is 0 Å². The Morgan fingerprint density at radius 3 is 1.88 bits per heavy atom. The summed E-state index contributed by atoms with van der Waals surface area (Å²) >= 11 is 0. The van der Waals surface area contributed by atoms with Crippen molar-refractivity contribution in [1.82, 2.24) is 14.9 Å². The molecule has 0 saturated carbocycles. The maximum absolute atomic E-state index is 12.8. The molecule has 0 amide bonds. The predicted octanol–water partition coefficient (Wildman–Crippen LogP) is 7.83. The zero-order valence-electron chi connectivity index (χ0n) is 31.9. The van der Waals surface area contributed by atoms with Crippen LogP contribution in [0.2, 0.25) is 0 Å². The smallest absolute Gasteiger partial charge is 0.342 e. The molecule has 0 N–H and O–H groups in total. The molecule has 2 fully saturated rings. The minimum Gasteiger partial charge on any atom is -0.459 e. The van der Waals surface area contributed by atoms with E-state index in [2.05, 4.69) is 69.7 Å². The lowest BCUT2D eigenvalue weighted by molar-refractivity contribution is 0.0367. The van der Waals surface area contributed by atoms with Crippen molar-refractivity contribution in [2.24, 2.45) is 17.8 Å². The first kappa shape index (κ1) is 38.3. The lowest BCUT2D eigenvalue weighted by Crippen LogP contribution is -2.37. The van der Waals surface area contributed by atoms with Gasteiger partial charge in [-0.1, -0.05) is 57.9 Å². The summed E-state index contributed by atoms with van der Waals surface area (Å²) in [5.41, 5.74) is 3.81. The van der Waals surface area contributed by atoms with Gasteiger partial charge in [0, 0.05) is 51.2 Å². The van der Waals surface area contributed by atoms with Crippen LogP contribution in [0.1, 0.15) is 106 Å². The van der Waals surface area contributed by atoms with E-state index < -0.39 is 0 Å². The second kappa shape index (κ2) is 18.0. The number of carbonyl (C=O) groups excluding carboxylic acids is 2. The zero-order valence-corrected chi connectivity index (χ0v) is 31.9. The van der Waals surface area contributed by atoms with Crippen LogP contribution in [-0.2, 0) is 22.4 Å². The molecular formula is C42H59N5O4. The SMILES string of the molecule is CCCC(C(C)Cc1ccc(CN(CC)[C@@H]2CCN(c3ncccc3C(=O)OC(C)C)C2)cc1)[C@@H]1CCN(c2ncccc2C(=O)OC(C)C)C1. The van der Waals surface area contributed by atoms with Crippen molar-refractivity contribution < 1.29 is 19.1 Å². The first-order chi connectivity index (χ1) is 24.6. The molecule has 0 radical (unpaired) electrons. The number of pyridine rings is 2. The molecule has 4 heterocycles. The van der Waals surface area contributed by atoms with Crippen molar-refractivity contribution >= 4 is 23.6 Å². The molecule has 2 saturated heterocycles. The number of hydrogen-bond donors (Lipinski definition) is 0. The number of likely N-dealkylation sites (N-methyl/N-ethyl adjacent to an activating group) is 1. The summed E-state index contributed by atoms with van der Waals surface area (Å²) in [6.45, 7) is 19.8. The number of hydrogen-bond acceptors (Lipinski definition) is 9. The third-order valence-electron chi connectivity index (χ3n) is 10.5. The van der Waals surface area contributed by atoms with Crippen molar-refractivity contribution in [3.63, 3.8) is 0 Å². The summed E-state index contributed by atoms with van der Waals surface area (Å²) in [7, 11) is 0. The number of aromatic nitrogens is 2. The summed E-state index contributed by atoms with van der Waals surface area (Å²) in [5.74, 6) is 2.57. The maximum atomic E-state index is 12.8. The first-order valence-electron chi connectivity index (χ1n) is 19.2. The Morgan fingerprint density at radius 1 is 0.784 bits per heavy atom. The lowest BCUT2D eigenvalue weighted by Gasteiger charge is -2.30. The Hall–Kier alpha value is -3.98. The van der Waals surface area contributed by atoms with E-state index in [1.165, 1.54) is 17.5 Å². The predicted molar refractivity (Wildman–Crippen MR) is 204 cm³/mol. The molecule has 51 heavy (non-hydrogen) atoms. The Balaban J connectivity index is 1.18. The molecule has 1 aromatic carbocycles. The molecule has 2 unspecified atom stereocenters. The topological polar surface area (TPSA) is 88.1 Å². The van der Waals surface area contributed by atoms with Gasteiger partial charge in [-0.2, -0.15) is 0 Å². The van der Waals surface area contributed by atoms with Crippen molar-refractivity contribution in [2.45, 2.75) is 105 Å². The molecule has 9 heteroatoms. The van der Waals surface area contributed by atoms with Crippen LogP contribution >= 0.6 is 0 Å². The minimum atomic E-state index is -0.312. The quantitative estimate of drug-likeness (QED) is 0.139. The first-order valence-corrected chi connectivity index (χ1v) is 19.2. The van der Waals surface area contributed by atoms with Gasteiger partial charge in [0.1, 0.15) is 22.8 Å². The van der Waals surface area contributed by atoms with E-state index in [4.69, 9.17) is 9.47 Å². The van der Waals surface area contributed by atoms with Gasteiger partial charge in [0.15, 0.2) is 0 Å². The van der Waals surface area contributed by atoms with E-state index in [0.29, 0.717) is 34.9 Å². The molecule has 2 aliphatic heterocycles. The van der Waals surface area contributed by atoms with Crippen molar-refractivity contribution in [1.29, 1.82) is 0 Å². The molecule has 2 aromatic heterocycles. The summed E-state index contributed by atoms with van der Waals surface area (Å²) in [6.07, 6.45) is 8.75. The van der Waals surface area contributed by atoms with Gasteiger partial charge in [0.2, 0.25) is 0 Å². The van der Waals surface area contributed by atoms with Gasteiger partial charge in [-0.3, -0.25) is 4.90 Å². The molecular weight excluding hydrogens is 638 g/mol. The third-order valence-corrected chi connectivity index (χ3v) is 10.5. The van der Waals surface area contributed by atoms with E-state index in [1.807, 2.05) is 45.9 Å². The summed E-state index contributed by atoms with van der Waals surface area (Å²) in [4.78, 5) is 41.9. The van der Waals surface area contributed by atoms with Crippen LogP contribution in [0.15, 0.2) is 60.9 Å². The Kier molecular flexibility index (Phi) is 13.5. The monoisotopic (exact) mass is 697 g/mol. The largest absolute Gasteiger partial charge is 0.459 e. The Morgan fingerprint density at radius 2 is 1.33 bits per heavy atom. The highest BCUT2D eigenvalue weighted by Crippen LogP contribution is 2.37. The van der Waals surface area contributed by atoms with Gasteiger partial charge in [0.05, 0.1) is 12.2 Å².